The third-order valence-electron chi connectivity index (χ3n) is 4.95. The lowest BCUT2D eigenvalue weighted by Crippen LogP contribution is -2.41. The Bertz CT molecular complexity index is 1040. The Balaban J connectivity index is 1.52. The van der Waals surface area contributed by atoms with E-state index in [0.717, 1.165) is 17.5 Å². The van der Waals surface area contributed by atoms with Gasteiger partial charge >= 0.3 is 5.97 Å². The van der Waals surface area contributed by atoms with Crippen molar-refractivity contribution in [3.63, 3.8) is 0 Å². The van der Waals surface area contributed by atoms with E-state index in [9.17, 15) is 9.59 Å². The summed E-state index contributed by atoms with van der Waals surface area (Å²) in [7, 11) is 0. The van der Waals surface area contributed by atoms with Crippen LogP contribution < -0.4 is 5.32 Å². The fraction of sp³-hybridized carbons (Fsp3) is 0.174. The van der Waals surface area contributed by atoms with Crippen molar-refractivity contribution in [3.05, 3.63) is 83.6 Å². The monoisotopic (exact) mass is 421 g/mol. The van der Waals surface area contributed by atoms with E-state index < -0.39 is 12.0 Å². The van der Waals surface area contributed by atoms with Crippen LogP contribution in [0.2, 0.25) is 5.02 Å². The summed E-state index contributed by atoms with van der Waals surface area (Å²) in [5.41, 5.74) is 2.54. The van der Waals surface area contributed by atoms with Crippen LogP contribution in [0.5, 0.6) is 0 Å². The summed E-state index contributed by atoms with van der Waals surface area (Å²) in [6, 6.07) is 17.7. The average molecular weight is 422 g/mol. The first-order valence-corrected chi connectivity index (χ1v) is 10.0. The van der Waals surface area contributed by atoms with Gasteiger partial charge in [0.2, 0.25) is 5.91 Å². The number of hydrogen-bond donors (Lipinski definition) is 1. The molecule has 0 bridgehead atoms. The number of hydroxylamine groups is 2. The minimum absolute atomic E-state index is 0.279. The third kappa shape index (κ3) is 4.35. The van der Waals surface area contributed by atoms with Crippen molar-refractivity contribution in [3.8, 4) is 11.1 Å². The zero-order valence-electron chi connectivity index (χ0n) is 16.1. The fourth-order valence-electron chi connectivity index (χ4n) is 3.45. The Morgan fingerprint density at radius 2 is 1.73 bits per heavy atom. The molecule has 0 aliphatic carbocycles. The molecule has 6 nitrogen and oxygen atoms in total. The van der Waals surface area contributed by atoms with Gasteiger partial charge in [0, 0.05) is 24.5 Å². The van der Waals surface area contributed by atoms with E-state index in [0.29, 0.717) is 29.2 Å². The molecule has 0 spiro atoms. The van der Waals surface area contributed by atoms with Gasteiger partial charge < -0.3 is 10.2 Å². The van der Waals surface area contributed by atoms with Crippen LogP contribution in [0, 0.1) is 0 Å². The Hall–Kier alpha value is -3.22. The summed E-state index contributed by atoms with van der Waals surface area (Å²) in [4.78, 5) is 35.1. The third-order valence-corrected chi connectivity index (χ3v) is 5.24. The van der Waals surface area contributed by atoms with Gasteiger partial charge in [-0.05, 0) is 30.5 Å². The number of anilines is 1. The molecule has 1 amide bonds. The van der Waals surface area contributed by atoms with E-state index in [-0.39, 0.29) is 5.91 Å². The summed E-state index contributed by atoms with van der Waals surface area (Å²) in [6.07, 6.45) is 4.48. The van der Waals surface area contributed by atoms with Crippen LogP contribution in [0.4, 0.5) is 5.69 Å². The Morgan fingerprint density at radius 1 is 1.03 bits per heavy atom. The summed E-state index contributed by atoms with van der Waals surface area (Å²) in [6.45, 7) is 0.492. The molecule has 2 heterocycles. The number of pyridine rings is 1. The number of benzene rings is 2. The van der Waals surface area contributed by atoms with Gasteiger partial charge in [0.25, 0.3) is 0 Å². The lowest BCUT2D eigenvalue weighted by Gasteiger charge is -2.23. The molecular weight excluding hydrogens is 402 g/mol. The number of amides is 1. The summed E-state index contributed by atoms with van der Waals surface area (Å²) >= 11 is 6.35. The minimum Gasteiger partial charge on any atom is -0.363 e. The number of hydrogen-bond acceptors (Lipinski definition) is 5. The van der Waals surface area contributed by atoms with Crippen molar-refractivity contribution in [1.82, 2.24) is 10.0 Å². The van der Waals surface area contributed by atoms with Gasteiger partial charge in [0.05, 0.1) is 16.3 Å². The van der Waals surface area contributed by atoms with Crippen molar-refractivity contribution < 1.29 is 14.4 Å². The zero-order valence-corrected chi connectivity index (χ0v) is 16.9. The normalized spacial score (nSPS) is 16.2. The Kier molecular flexibility index (Phi) is 6.07. The van der Waals surface area contributed by atoms with Crippen LogP contribution in [-0.2, 0) is 9.63 Å². The average Bonchev–Trinajstić information content (AvgIpc) is 3.24. The highest BCUT2D eigenvalue weighted by Gasteiger charge is 2.34. The molecule has 1 aliphatic rings. The first-order valence-electron chi connectivity index (χ1n) is 9.67. The van der Waals surface area contributed by atoms with Crippen molar-refractivity contribution in [2.75, 3.05) is 11.9 Å². The highest BCUT2D eigenvalue weighted by atomic mass is 35.5. The molecule has 1 aromatic heterocycles. The highest BCUT2D eigenvalue weighted by molar-refractivity contribution is 6.34. The summed E-state index contributed by atoms with van der Waals surface area (Å²) < 4.78 is 0. The van der Waals surface area contributed by atoms with Crippen LogP contribution in [0.15, 0.2) is 73.1 Å². The molecule has 7 heteroatoms. The topological polar surface area (TPSA) is 71.5 Å². The largest absolute Gasteiger partial charge is 0.363 e. The number of nitrogens with one attached hydrogen (secondary N) is 1. The van der Waals surface area contributed by atoms with Crippen LogP contribution >= 0.6 is 11.6 Å². The number of halogens is 1. The number of carbonyl (C=O) groups excluding carboxylic acids is 2. The highest BCUT2D eigenvalue weighted by Crippen LogP contribution is 2.33. The second-order valence-corrected chi connectivity index (χ2v) is 7.35. The molecule has 1 aliphatic heterocycles. The predicted molar refractivity (Wildman–Crippen MR) is 115 cm³/mol. The molecule has 0 unspecified atom stereocenters. The SMILES string of the molecule is O=C(ON1CCC[C@H]1C(=O)Nc1c(Cl)cncc1-c1ccccc1)c1ccccc1. The molecule has 1 fully saturated rings. The summed E-state index contributed by atoms with van der Waals surface area (Å²) in [5, 5.41) is 4.71. The molecule has 0 saturated carbocycles. The maximum absolute atomic E-state index is 13.1. The maximum Gasteiger partial charge on any atom is 0.357 e. The number of nitrogens with zero attached hydrogens (tertiary/aromatic N) is 2. The molecule has 30 heavy (non-hydrogen) atoms. The molecule has 1 atom stereocenters. The van der Waals surface area contributed by atoms with Crippen molar-refractivity contribution >= 4 is 29.2 Å². The second kappa shape index (κ2) is 9.07. The quantitative estimate of drug-likeness (QED) is 0.653. The van der Waals surface area contributed by atoms with Crippen molar-refractivity contribution in [2.24, 2.45) is 0 Å². The maximum atomic E-state index is 13.1. The van der Waals surface area contributed by atoms with Crippen molar-refractivity contribution in [1.29, 1.82) is 0 Å². The molecule has 152 valence electrons. The molecule has 1 N–H and O–H groups in total. The van der Waals surface area contributed by atoms with Gasteiger partial charge in [-0.3, -0.25) is 9.78 Å². The van der Waals surface area contributed by atoms with Gasteiger partial charge in [0.1, 0.15) is 6.04 Å². The van der Waals surface area contributed by atoms with Gasteiger partial charge in [-0.25, -0.2) is 4.79 Å². The first-order chi connectivity index (χ1) is 14.6. The molecule has 0 radical (unpaired) electrons. The van der Waals surface area contributed by atoms with E-state index >= 15 is 0 Å². The standard InChI is InChI=1S/C23H20ClN3O3/c24-19-15-25-14-18(16-8-3-1-4-9-16)21(19)26-22(28)20-12-7-13-27(20)30-23(29)17-10-5-2-6-11-17/h1-6,8-11,14-15,20H,7,12-13H2,(H,25,26,28)/t20-/m0/s1. The van der Waals surface area contributed by atoms with Gasteiger partial charge in [0.15, 0.2) is 0 Å². The fourth-order valence-corrected chi connectivity index (χ4v) is 3.66. The van der Waals surface area contributed by atoms with Crippen LogP contribution in [-0.4, -0.2) is 34.5 Å². The van der Waals surface area contributed by atoms with Gasteiger partial charge in [-0.1, -0.05) is 60.1 Å². The first kappa shape index (κ1) is 20.1. The number of aromatic nitrogens is 1. The predicted octanol–water partition coefficient (Wildman–Crippen LogP) is 4.58. The van der Waals surface area contributed by atoms with Gasteiger partial charge in [-0.2, -0.15) is 0 Å². The smallest absolute Gasteiger partial charge is 0.357 e. The second-order valence-electron chi connectivity index (χ2n) is 6.94. The van der Waals surface area contributed by atoms with Crippen LogP contribution in [0.3, 0.4) is 0 Å². The molecule has 2 aromatic carbocycles. The van der Waals surface area contributed by atoms with Crippen LogP contribution in [0.25, 0.3) is 11.1 Å². The van der Waals surface area contributed by atoms with Crippen molar-refractivity contribution in [2.45, 2.75) is 18.9 Å². The zero-order chi connectivity index (χ0) is 20.9. The van der Waals surface area contributed by atoms with Crippen LogP contribution in [0.1, 0.15) is 23.2 Å². The summed E-state index contributed by atoms with van der Waals surface area (Å²) in [5.74, 6) is -0.763. The molecule has 4 rings (SSSR count). The Morgan fingerprint density at radius 3 is 2.47 bits per heavy atom. The van der Waals surface area contributed by atoms with E-state index in [1.165, 1.54) is 11.3 Å². The number of rotatable bonds is 5. The molecular formula is C23H20ClN3O3. The molecule has 3 aromatic rings. The molecule has 1 saturated heterocycles. The van der Waals surface area contributed by atoms with E-state index in [1.807, 2.05) is 36.4 Å². The Labute approximate surface area is 179 Å². The minimum atomic E-state index is -0.592. The lowest BCUT2D eigenvalue weighted by molar-refractivity contribution is -0.144. The lowest BCUT2D eigenvalue weighted by atomic mass is 10.1. The van der Waals surface area contributed by atoms with Gasteiger partial charge in [-0.15, -0.1) is 5.06 Å². The van der Waals surface area contributed by atoms with E-state index in [4.69, 9.17) is 16.4 Å². The van der Waals surface area contributed by atoms with E-state index in [2.05, 4.69) is 10.3 Å². The number of carbonyl (C=O) groups is 2. The van der Waals surface area contributed by atoms with E-state index in [1.54, 1.807) is 30.5 Å².